The SMILES string of the molecule is CCC(=O)N1CCc2ccc(NC(=O)c3ccc(S(=O)(=O)N(C)C)cc3)cc2C1. The summed E-state index contributed by atoms with van der Waals surface area (Å²) < 4.78 is 25.4. The summed E-state index contributed by atoms with van der Waals surface area (Å²) in [6, 6.07) is 11.5. The third kappa shape index (κ3) is 4.49. The largest absolute Gasteiger partial charge is 0.338 e. The van der Waals surface area contributed by atoms with Crippen LogP contribution in [-0.2, 0) is 27.8 Å². The Balaban J connectivity index is 1.74. The monoisotopic (exact) mass is 415 g/mol. The maximum atomic E-state index is 12.6. The van der Waals surface area contributed by atoms with Crippen LogP contribution < -0.4 is 5.32 Å². The maximum Gasteiger partial charge on any atom is 0.255 e. The first kappa shape index (κ1) is 21.0. The van der Waals surface area contributed by atoms with Crippen molar-refractivity contribution in [3.63, 3.8) is 0 Å². The lowest BCUT2D eigenvalue weighted by molar-refractivity contribution is -0.131. The van der Waals surface area contributed by atoms with E-state index in [2.05, 4.69) is 5.32 Å². The smallest absolute Gasteiger partial charge is 0.255 e. The molecular formula is C21H25N3O4S. The maximum absolute atomic E-state index is 12.6. The lowest BCUT2D eigenvalue weighted by atomic mass is 9.98. The van der Waals surface area contributed by atoms with Gasteiger partial charge in [-0.25, -0.2) is 12.7 Å². The highest BCUT2D eigenvalue weighted by Gasteiger charge is 2.20. The molecule has 29 heavy (non-hydrogen) atoms. The van der Waals surface area contributed by atoms with Crippen molar-refractivity contribution in [3.8, 4) is 0 Å². The Morgan fingerprint density at radius 1 is 1.07 bits per heavy atom. The minimum atomic E-state index is -3.53. The van der Waals surface area contributed by atoms with Gasteiger partial charge in [-0.05, 0) is 53.9 Å². The van der Waals surface area contributed by atoms with Crippen LogP contribution >= 0.6 is 0 Å². The van der Waals surface area contributed by atoms with Crippen molar-refractivity contribution in [2.75, 3.05) is 26.0 Å². The number of amides is 2. The number of hydrogen-bond donors (Lipinski definition) is 1. The second-order valence-corrected chi connectivity index (χ2v) is 9.32. The number of rotatable bonds is 5. The highest BCUT2D eigenvalue weighted by molar-refractivity contribution is 7.89. The van der Waals surface area contributed by atoms with E-state index >= 15 is 0 Å². The van der Waals surface area contributed by atoms with E-state index < -0.39 is 10.0 Å². The number of carbonyl (C=O) groups is 2. The van der Waals surface area contributed by atoms with Gasteiger partial charge in [-0.1, -0.05) is 13.0 Å². The minimum absolute atomic E-state index is 0.123. The predicted molar refractivity (Wildman–Crippen MR) is 111 cm³/mol. The minimum Gasteiger partial charge on any atom is -0.338 e. The van der Waals surface area contributed by atoms with Crippen LogP contribution in [0.1, 0.15) is 34.8 Å². The Bertz CT molecular complexity index is 1030. The summed E-state index contributed by atoms with van der Waals surface area (Å²) in [5.41, 5.74) is 3.22. The summed E-state index contributed by atoms with van der Waals surface area (Å²) in [5.74, 6) is -0.200. The van der Waals surface area contributed by atoms with E-state index in [0.29, 0.717) is 30.8 Å². The van der Waals surface area contributed by atoms with Crippen LogP contribution in [0.15, 0.2) is 47.4 Å². The lowest BCUT2D eigenvalue weighted by Crippen LogP contribution is -2.35. The Morgan fingerprint density at radius 3 is 2.38 bits per heavy atom. The Morgan fingerprint density at radius 2 is 1.76 bits per heavy atom. The molecule has 0 aliphatic carbocycles. The van der Waals surface area contributed by atoms with Crippen molar-refractivity contribution in [2.45, 2.75) is 31.2 Å². The lowest BCUT2D eigenvalue weighted by Gasteiger charge is -2.29. The van der Waals surface area contributed by atoms with E-state index in [4.69, 9.17) is 0 Å². The molecule has 0 saturated heterocycles. The van der Waals surface area contributed by atoms with E-state index in [0.717, 1.165) is 16.3 Å². The number of nitrogens with one attached hydrogen (secondary N) is 1. The van der Waals surface area contributed by atoms with E-state index in [1.165, 1.54) is 43.9 Å². The molecule has 2 aromatic rings. The summed E-state index contributed by atoms with van der Waals surface area (Å²) in [7, 11) is -0.615. The molecule has 2 aromatic carbocycles. The molecule has 0 spiro atoms. The zero-order chi connectivity index (χ0) is 21.2. The van der Waals surface area contributed by atoms with Crippen molar-refractivity contribution in [1.29, 1.82) is 0 Å². The number of hydrogen-bond acceptors (Lipinski definition) is 4. The van der Waals surface area contributed by atoms with Gasteiger partial charge in [0.25, 0.3) is 5.91 Å². The van der Waals surface area contributed by atoms with Gasteiger partial charge in [-0.2, -0.15) is 0 Å². The molecule has 8 heteroatoms. The standard InChI is InChI=1S/C21H25N3O4S/c1-4-20(25)24-12-11-15-5-8-18(13-17(15)14-24)22-21(26)16-6-9-19(10-7-16)29(27,28)23(2)3/h5-10,13H,4,11-12,14H2,1-3H3,(H,22,26). The molecule has 2 amide bonds. The van der Waals surface area contributed by atoms with Crippen LogP contribution in [0.4, 0.5) is 5.69 Å². The van der Waals surface area contributed by atoms with Crippen molar-refractivity contribution >= 4 is 27.5 Å². The van der Waals surface area contributed by atoms with Gasteiger partial charge >= 0.3 is 0 Å². The highest BCUT2D eigenvalue weighted by atomic mass is 32.2. The summed E-state index contributed by atoms with van der Waals surface area (Å²) in [6.45, 7) is 3.11. The first-order valence-electron chi connectivity index (χ1n) is 9.46. The molecule has 7 nitrogen and oxygen atoms in total. The topological polar surface area (TPSA) is 86.8 Å². The van der Waals surface area contributed by atoms with E-state index in [1.807, 2.05) is 30.0 Å². The first-order chi connectivity index (χ1) is 13.7. The van der Waals surface area contributed by atoms with Crippen molar-refractivity contribution in [3.05, 3.63) is 59.2 Å². The second-order valence-electron chi connectivity index (χ2n) is 7.17. The summed E-state index contributed by atoms with van der Waals surface area (Å²) in [6.07, 6.45) is 1.28. The van der Waals surface area contributed by atoms with Crippen LogP contribution in [0.2, 0.25) is 0 Å². The Kier molecular flexibility index (Phi) is 6.04. The fourth-order valence-electron chi connectivity index (χ4n) is 3.26. The van der Waals surface area contributed by atoms with Crippen molar-refractivity contribution in [2.24, 2.45) is 0 Å². The average Bonchev–Trinajstić information content (AvgIpc) is 2.72. The van der Waals surface area contributed by atoms with Crippen LogP contribution in [0.25, 0.3) is 0 Å². The molecule has 3 rings (SSSR count). The molecule has 1 heterocycles. The number of carbonyl (C=O) groups excluding carboxylic acids is 2. The van der Waals surface area contributed by atoms with E-state index in [-0.39, 0.29) is 16.7 Å². The predicted octanol–water partition coefficient (Wildman–Crippen LogP) is 2.48. The third-order valence-corrected chi connectivity index (χ3v) is 6.86. The fourth-order valence-corrected chi connectivity index (χ4v) is 4.17. The van der Waals surface area contributed by atoms with Crippen LogP contribution in [0.5, 0.6) is 0 Å². The van der Waals surface area contributed by atoms with Gasteiger partial charge < -0.3 is 10.2 Å². The second kappa shape index (κ2) is 8.34. The normalized spacial score (nSPS) is 13.9. The molecule has 0 radical (unpaired) electrons. The molecule has 1 aliphatic heterocycles. The van der Waals surface area contributed by atoms with E-state index in [1.54, 1.807) is 0 Å². The molecule has 1 N–H and O–H groups in total. The number of anilines is 1. The van der Waals surface area contributed by atoms with Gasteiger partial charge in [0.15, 0.2) is 0 Å². The van der Waals surface area contributed by atoms with Gasteiger partial charge in [0.1, 0.15) is 0 Å². The molecule has 0 bridgehead atoms. The molecule has 1 aliphatic rings. The molecule has 0 unspecified atom stereocenters. The fraction of sp³-hybridized carbons (Fsp3) is 0.333. The quantitative estimate of drug-likeness (QED) is 0.813. The van der Waals surface area contributed by atoms with E-state index in [9.17, 15) is 18.0 Å². The summed E-state index contributed by atoms with van der Waals surface area (Å²) in [5, 5.41) is 2.85. The molecule has 154 valence electrons. The number of benzene rings is 2. The van der Waals surface area contributed by atoms with Crippen molar-refractivity contribution < 1.29 is 18.0 Å². The van der Waals surface area contributed by atoms with Gasteiger partial charge in [0.2, 0.25) is 15.9 Å². The van der Waals surface area contributed by atoms with Gasteiger partial charge in [0, 0.05) is 44.9 Å². The van der Waals surface area contributed by atoms with Crippen LogP contribution in [0, 0.1) is 0 Å². The molecule has 0 aromatic heterocycles. The first-order valence-corrected chi connectivity index (χ1v) is 10.9. The average molecular weight is 416 g/mol. The molecule has 0 fully saturated rings. The van der Waals surface area contributed by atoms with Crippen LogP contribution in [-0.4, -0.2) is 50.1 Å². The van der Waals surface area contributed by atoms with Gasteiger partial charge in [0.05, 0.1) is 4.90 Å². The van der Waals surface area contributed by atoms with Crippen molar-refractivity contribution in [1.82, 2.24) is 9.21 Å². The third-order valence-electron chi connectivity index (χ3n) is 5.03. The van der Waals surface area contributed by atoms with Crippen LogP contribution in [0.3, 0.4) is 0 Å². The zero-order valence-corrected chi connectivity index (χ0v) is 17.6. The number of fused-ring (bicyclic) bond motifs is 1. The Labute approximate surface area is 171 Å². The number of sulfonamides is 1. The molecule has 0 atom stereocenters. The number of nitrogens with zero attached hydrogens (tertiary/aromatic N) is 2. The molecular weight excluding hydrogens is 390 g/mol. The Hall–Kier alpha value is -2.71. The highest BCUT2D eigenvalue weighted by Crippen LogP contribution is 2.24. The summed E-state index contributed by atoms with van der Waals surface area (Å²) >= 11 is 0. The zero-order valence-electron chi connectivity index (χ0n) is 16.8. The van der Waals surface area contributed by atoms with Gasteiger partial charge in [-0.3, -0.25) is 9.59 Å². The summed E-state index contributed by atoms with van der Waals surface area (Å²) in [4.78, 5) is 26.5. The molecule has 0 saturated carbocycles. The van der Waals surface area contributed by atoms with Gasteiger partial charge in [-0.15, -0.1) is 0 Å².